The lowest BCUT2D eigenvalue weighted by Gasteiger charge is -2.05. The van der Waals surface area contributed by atoms with E-state index in [2.05, 4.69) is 20.5 Å². The second-order valence-electron chi connectivity index (χ2n) is 5.96. The zero-order chi connectivity index (χ0) is 18.7. The SMILES string of the molecule is Cc1cc2nc(CC(=O)N/N=C/c3ccccc3F)c(=O)[nH]c2cc1C. The van der Waals surface area contributed by atoms with E-state index in [1.165, 1.54) is 18.3 Å². The molecule has 1 aromatic heterocycles. The Balaban J connectivity index is 1.75. The number of aryl methyl sites for hydroxylation is 2. The maximum absolute atomic E-state index is 13.5. The number of fused-ring (bicyclic) bond motifs is 1. The minimum Gasteiger partial charge on any atom is -0.319 e. The fourth-order valence-corrected chi connectivity index (χ4v) is 2.45. The number of carbonyl (C=O) groups is 1. The Labute approximate surface area is 148 Å². The third-order valence-electron chi connectivity index (χ3n) is 4.00. The van der Waals surface area contributed by atoms with Gasteiger partial charge in [-0.1, -0.05) is 18.2 Å². The van der Waals surface area contributed by atoms with Crippen LogP contribution in [-0.2, 0) is 11.2 Å². The van der Waals surface area contributed by atoms with Gasteiger partial charge in [-0.2, -0.15) is 5.10 Å². The molecule has 0 aliphatic carbocycles. The highest BCUT2D eigenvalue weighted by Gasteiger charge is 2.10. The summed E-state index contributed by atoms with van der Waals surface area (Å²) in [6.07, 6.45) is 0.976. The summed E-state index contributed by atoms with van der Waals surface area (Å²) in [5.74, 6) is -0.956. The summed E-state index contributed by atoms with van der Waals surface area (Å²) >= 11 is 0. The van der Waals surface area contributed by atoms with Crippen molar-refractivity contribution >= 4 is 23.2 Å². The summed E-state index contributed by atoms with van der Waals surface area (Å²) in [7, 11) is 0. The van der Waals surface area contributed by atoms with Gasteiger partial charge in [-0.25, -0.2) is 14.8 Å². The quantitative estimate of drug-likeness (QED) is 0.558. The van der Waals surface area contributed by atoms with Crippen LogP contribution < -0.4 is 11.0 Å². The molecule has 6 nitrogen and oxygen atoms in total. The normalized spacial score (nSPS) is 11.2. The molecule has 0 saturated carbocycles. The van der Waals surface area contributed by atoms with Gasteiger partial charge in [-0.05, 0) is 43.2 Å². The van der Waals surface area contributed by atoms with E-state index in [1.54, 1.807) is 12.1 Å². The van der Waals surface area contributed by atoms with Gasteiger partial charge in [0.15, 0.2) is 0 Å². The van der Waals surface area contributed by atoms with Gasteiger partial charge in [-0.15, -0.1) is 0 Å². The molecule has 0 spiro atoms. The van der Waals surface area contributed by atoms with E-state index in [0.717, 1.165) is 11.1 Å². The van der Waals surface area contributed by atoms with Crippen LogP contribution >= 0.6 is 0 Å². The zero-order valence-corrected chi connectivity index (χ0v) is 14.3. The van der Waals surface area contributed by atoms with Crippen LogP contribution in [0.1, 0.15) is 22.4 Å². The number of hydrogen-bond donors (Lipinski definition) is 2. The van der Waals surface area contributed by atoms with Crippen molar-refractivity contribution in [1.82, 2.24) is 15.4 Å². The van der Waals surface area contributed by atoms with Gasteiger partial charge >= 0.3 is 0 Å². The van der Waals surface area contributed by atoms with E-state index in [-0.39, 0.29) is 17.7 Å². The molecule has 3 aromatic rings. The Bertz CT molecular complexity index is 1070. The highest BCUT2D eigenvalue weighted by molar-refractivity contribution is 5.83. The molecule has 0 fully saturated rings. The number of hydrogen-bond acceptors (Lipinski definition) is 4. The number of benzene rings is 2. The van der Waals surface area contributed by atoms with Gasteiger partial charge in [0.1, 0.15) is 11.5 Å². The Kier molecular flexibility index (Phi) is 4.88. The average molecular weight is 352 g/mol. The summed E-state index contributed by atoms with van der Waals surface area (Å²) in [5, 5.41) is 3.71. The van der Waals surface area contributed by atoms with Crippen LogP contribution in [-0.4, -0.2) is 22.1 Å². The molecular weight excluding hydrogens is 335 g/mol. The Morgan fingerprint density at radius 3 is 2.77 bits per heavy atom. The van der Waals surface area contributed by atoms with Crippen LogP contribution in [0.3, 0.4) is 0 Å². The number of hydrazone groups is 1. The van der Waals surface area contributed by atoms with Crippen LogP contribution in [0, 0.1) is 19.7 Å². The minimum absolute atomic E-state index is 0.0966. The first-order chi connectivity index (χ1) is 12.4. The molecule has 132 valence electrons. The molecule has 0 saturated heterocycles. The average Bonchev–Trinajstić information content (AvgIpc) is 2.59. The molecule has 26 heavy (non-hydrogen) atoms. The van der Waals surface area contributed by atoms with Gasteiger partial charge < -0.3 is 4.98 Å². The third kappa shape index (κ3) is 3.83. The van der Waals surface area contributed by atoms with E-state index in [0.29, 0.717) is 11.0 Å². The number of aromatic amines is 1. The standard InChI is InChI=1S/C19H17FN4O2/c1-11-7-15-16(8-12(11)2)23-19(26)17(22-15)9-18(25)24-21-10-13-5-3-4-6-14(13)20/h3-8,10H,9H2,1-2H3,(H,23,26)(H,24,25)/b21-10+. The third-order valence-corrected chi connectivity index (χ3v) is 4.00. The molecule has 0 atom stereocenters. The molecule has 1 heterocycles. The molecule has 7 heteroatoms. The molecule has 0 unspecified atom stereocenters. The lowest BCUT2D eigenvalue weighted by molar-refractivity contribution is -0.120. The van der Waals surface area contributed by atoms with Crippen LogP contribution in [0.15, 0.2) is 46.3 Å². The van der Waals surface area contributed by atoms with Crippen LogP contribution in [0.2, 0.25) is 0 Å². The molecule has 0 bridgehead atoms. The molecule has 2 aromatic carbocycles. The van der Waals surface area contributed by atoms with Crippen molar-refractivity contribution in [3.05, 3.63) is 75.0 Å². The van der Waals surface area contributed by atoms with E-state index >= 15 is 0 Å². The Morgan fingerprint density at radius 1 is 1.27 bits per heavy atom. The van der Waals surface area contributed by atoms with Crippen molar-refractivity contribution in [2.24, 2.45) is 5.10 Å². The molecule has 0 aliphatic rings. The second kappa shape index (κ2) is 7.26. The van der Waals surface area contributed by atoms with Crippen LogP contribution in [0.5, 0.6) is 0 Å². The van der Waals surface area contributed by atoms with Gasteiger partial charge in [0.25, 0.3) is 5.56 Å². The van der Waals surface area contributed by atoms with Gasteiger partial charge in [0.05, 0.1) is 23.7 Å². The number of carbonyl (C=O) groups excluding carboxylic acids is 1. The lowest BCUT2D eigenvalue weighted by Crippen LogP contribution is -2.25. The Morgan fingerprint density at radius 2 is 2.00 bits per heavy atom. The molecule has 1 amide bonds. The monoisotopic (exact) mass is 352 g/mol. The number of H-pyrrole nitrogens is 1. The summed E-state index contributed by atoms with van der Waals surface area (Å²) < 4.78 is 13.5. The predicted octanol–water partition coefficient (Wildman–Crippen LogP) is 2.37. The van der Waals surface area contributed by atoms with Crippen molar-refractivity contribution in [2.45, 2.75) is 20.3 Å². The van der Waals surface area contributed by atoms with Crippen molar-refractivity contribution in [1.29, 1.82) is 0 Å². The lowest BCUT2D eigenvalue weighted by atomic mass is 10.1. The van der Waals surface area contributed by atoms with E-state index in [9.17, 15) is 14.0 Å². The van der Waals surface area contributed by atoms with Gasteiger partial charge in [-0.3, -0.25) is 9.59 Å². The summed E-state index contributed by atoms with van der Waals surface area (Å²) in [4.78, 5) is 31.1. The highest BCUT2D eigenvalue weighted by Crippen LogP contribution is 2.14. The van der Waals surface area contributed by atoms with Crippen LogP contribution in [0.4, 0.5) is 4.39 Å². The number of aromatic nitrogens is 2. The number of nitrogens with zero attached hydrogens (tertiary/aromatic N) is 2. The number of rotatable bonds is 4. The smallest absolute Gasteiger partial charge is 0.270 e. The van der Waals surface area contributed by atoms with Crippen molar-refractivity contribution in [3.63, 3.8) is 0 Å². The predicted molar refractivity (Wildman–Crippen MR) is 97.7 cm³/mol. The van der Waals surface area contributed by atoms with E-state index in [1.807, 2.05) is 26.0 Å². The summed E-state index contributed by atoms with van der Waals surface area (Å²) in [6, 6.07) is 9.76. The highest BCUT2D eigenvalue weighted by atomic mass is 19.1. The minimum atomic E-state index is -0.515. The largest absolute Gasteiger partial charge is 0.319 e. The topological polar surface area (TPSA) is 87.2 Å². The zero-order valence-electron chi connectivity index (χ0n) is 14.3. The van der Waals surface area contributed by atoms with Crippen LogP contribution in [0.25, 0.3) is 11.0 Å². The fourth-order valence-electron chi connectivity index (χ4n) is 2.45. The van der Waals surface area contributed by atoms with Crippen molar-refractivity contribution < 1.29 is 9.18 Å². The molecule has 2 N–H and O–H groups in total. The number of amides is 1. The van der Waals surface area contributed by atoms with Gasteiger partial charge in [0.2, 0.25) is 5.91 Å². The molecule has 0 aliphatic heterocycles. The van der Waals surface area contributed by atoms with Crippen molar-refractivity contribution in [2.75, 3.05) is 0 Å². The summed E-state index contributed by atoms with van der Waals surface area (Å²) in [6.45, 7) is 3.90. The maximum atomic E-state index is 13.5. The fraction of sp³-hybridized carbons (Fsp3) is 0.158. The van der Waals surface area contributed by atoms with E-state index in [4.69, 9.17) is 0 Å². The number of halogens is 1. The molecular formula is C19H17FN4O2. The Hall–Kier alpha value is -3.35. The summed E-state index contributed by atoms with van der Waals surface area (Å²) in [5.41, 5.74) is 5.53. The molecule has 0 radical (unpaired) electrons. The maximum Gasteiger partial charge on any atom is 0.270 e. The van der Waals surface area contributed by atoms with Gasteiger partial charge in [0, 0.05) is 5.56 Å². The first-order valence-electron chi connectivity index (χ1n) is 8.00. The number of nitrogens with one attached hydrogen (secondary N) is 2. The first-order valence-corrected chi connectivity index (χ1v) is 8.00. The van der Waals surface area contributed by atoms with E-state index < -0.39 is 17.3 Å². The molecule has 3 rings (SSSR count). The second-order valence-corrected chi connectivity index (χ2v) is 5.96. The first kappa shape index (κ1) is 17.5. The van der Waals surface area contributed by atoms with Crippen molar-refractivity contribution in [3.8, 4) is 0 Å².